The van der Waals surface area contributed by atoms with Crippen LogP contribution in [-0.4, -0.2) is 39.8 Å². The van der Waals surface area contributed by atoms with Gasteiger partial charge < -0.3 is 10.4 Å². The highest BCUT2D eigenvalue weighted by Gasteiger charge is 2.21. The number of carboxylic acid groups (broad SMARTS) is 1. The van der Waals surface area contributed by atoms with E-state index in [0.29, 0.717) is 28.5 Å². The summed E-state index contributed by atoms with van der Waals surface area (Å²) in [5.74, 6) is -1.16. The summed E-state index contributed by atoms with van der Waals surface area (Å²) in [6.45, 7) is 5.56. The van der Waals surface area contributed by atoms with Crippen molar-refractivity contribution in [2.24, 2.45) is 5.92 Å². The van der Waals surface area contributed by atoms with Crippen molar-refractivity contribution < 1.29 is 14.7 Å². The summed E-state index contributed by atoms with van der Waals surface area (Å²) in [5.41, 5.74) is 1.03. The topological polar surface area (TPSA) is 92.2 Å². The summed E-state index contributed by atoms with van der Waals surface area (Å²) >= 11 is 1.37. The normalized spacial score (nSPS) is 12.0. The van der Waals surface area contributed by atoms with Crippen LogP contribution in [0.1, 0.15) is 41.6 Å². The number of carboxylic acids is 1. The van der Waals surface area contributed by atoms with E-state index in [1.165, 1.54) is 11.8 Å². The molecule has 2 N–H and O–H groups in total. The Bertz CT molecular complexity index is 534. The van der Waals surface area contributed by atoms with Crippen molar-refractivity contribution in [2.45, 2.75) is 38.6 Å². The molecule has 0 aliphatic rings. The molecule has 0 bridgehead atoms. The average Bonchev–Trinajstić information content (AvgIpc) is 2.41. The summed E-state index contributed by atoms with van der Waals surface area (Å²) in [6.07, 6.45) is 3.14. The highest BCUT2D eigenvalue weighted by atomic mass is 32.2. The molecule has 1 unspecified atom stereocenters. The predicted molar refractivity (Wildman–Crippen MR) is 81.7 cm³/mol. The third-order valence-corrected chi connectivity index (χ3v) is 3.77. The number of aromatic nitrogens is 2. The van der Waals surface area contributed by atoms with Gasteiger partial charge in [-0.15, -0.1) is 11.8 Å². The Hall–Kier alpha value is -1.63. The zero-order valence-corrected chi connectivity index (χ0v) is 13.6. The van der Waals surface area contributed by atoms with E-state index in [1.54, 1.807) is 13.8 Å². The third kappa shape index (κ3) is 4.70. The molecule has 7 heteroatoms. The Morgan fingerprint density at radius 3 is 2.52 bits per heavy atom. The second kappa shape index (κ2) is 7.97. The maximum Gasteiger partial charge on any atom is 0.308 e. The van der Waals surface area contributed by atoms with Crippen molar-refractivity contribution in [2.75, 3.05) is 12.8 Å². The number of carbonyl (C=O) groups is 2. The minimum Gasteiger partial charge on any atom is -0.481 e. The van der Waals surface area contributed by atoms with Crippen LogP contribution in [0.15, 0.2) is 5.03 Å². The Morgan fingerprint density at radius 2 is 2.00 bits per heavy atom. The third-order valence-electron chi connectivity index (χ3n) is 3.08. The van der Waals surface area contributed by atoms with Crippen molar-refractivity contribution in [1.82, 2.24) is 15.3 Å². The van der Waals surface area contributed by atoms with Crippen molar-refractivity contribution in [1.29, 1.82) is 0 Å². The SMILES string of the molecule is CCCC(CNC(=O)c1c(C)nc(C)nc1SC)C(=O)O. The molecule has 0 saturated heterocycles. The summed E-state index contributed by atoms with van der Waals surface area (Å²) in [5, 5.41) is 12.4. The Labute approximate surface area is 128 Å². The Morgan fingerprint density at radius 1 is 1.33 bits per heavy atom. The van der Waals surface area contributed by atoms with Crippen LogP contribution in [0.4, 0.5) is 0 Å². The lowest BCUT2D eigenvalue weighted by molar-refractivity contribution is -0.141. The highest BCUT2D eigenvalue weighted by molar-refractivity contribution is 7.98. The lowest BCUT2D eigenvalue weighted by Gasteiger charge is -2.14. The molecule has 21 heavy (non-hydrogen) atoms. The molecule has 1 aromatic heterocycles. The van der Waals surface area contributed by atoms with Crippen molar-refractivity contribution >= 4 is 23.6 Å². The zero-order chi connectivity index (χ0) is 16.0. The lowest BCUT2D eigenvalue weighted by Crippen LogP contribution is -2.34. The number of aliphatic carboxylic acids is 1. The van der Waals surface area contributed by atoms with Crippen LogP contribution in [0.3, 0.4) is 0 Å². The van der Waals surface area contributed by atoms with Crippen molar-refractivity contribution in [3.05, 3.63) is 17.1 Å². The maximum atomic E-state index is 12.3. The van der Waals surface area contributed by atoms with Gasteiger partial charge in [0.05, 0.1) is 17.2 Å². The van der Waals surface area contributed by atoms with Crippen LogP contribution in [0.5, 0.6) is 0 Å². The molecule has 0 aliphatic carbocycles. The van der Waals surface area contributed by atoms with Gasteiger partial charge in [0.15, 0.2) is 0 Å². The van der Waals surface area contributed by atoms with Gasteiger partial charge in [0.25, 0.3) is 5.91 Å². The van der Waals surface area contributed by atoms with E-state index in [-0.39, 0.29) is 12.5 Å². The van der Waals surface area contributed by atoms with Gasteiger partial charge in [-0.2, -0.15) is 0 Å². The lowest BCUT2D eigenvalue weighted by atomic mass is 10.0. The molecule has 1 atom stereocenters. The number of nitrogens with zero attached hydrogens (tertiary/aromatic N) is 2. The first-order chi connectivity index (χ1) is 9.90. The molecule has 1 aromatic rings. The summed E-state index contributed by atoms with van der Waals surface area (Å²) in [6, 6.07) is 0. The minimum atomic E-state index is -0.890. The molecule has 0 saturated carbocycles. The standard InChI is InChI=1S/C14H21N3O3S/c1-5-6-10(14(19)20)7-15-12(18)11-8(2)16-9(3)17-13(11)21-4/h10H,5-7H2,1-4H3,(H,15,18)(H,19,20). The van der Waals surface area contributed by atoms with E-state index in [1.807, 2.05) is 13.2 Å². The smallest absolute Gasteiger partial charge is 0.308 e. The molecule has 1 amide bonds. The number of hydrogen-bond donors (Lipinski definition) is 2. The minimum absolute atomic E-state index is 0.114. The molecule has 0 aliphatic heterocycles. The predicted octanol–water partition coefficient (Wildman–Crippen LogP) is 2.05. The van der Waals surface area contributed by atoms with Gasteiger partial charge in [-0.25, -0.2) is 9.97 Å². The molecule has 0 spiro atoms. The maximum absolute atomic E-state index is 12.3. The molecule has 6 nitrogen and oxygen atoms in total. The Kier molecular flexibility index (Phi) is 6.61. The quantitative estimate of drug-likeness (QED) is 0.591. The van der Waals surface area contributed by atoms with Crippen LogP contribution in [0.25, 0.3) is 0 Å². The Balaban J connectivity index is 2.87. The average molecular weight is 311 g/mol. The van der Waals surface area contributed by atoms with Crippen LogP contribution in [0.2, 0.25) is 0 Å². The highest BCUT2D eigenvalue weighted by Crippen LogP contribution is 2.20. The molecular formula is C14H21N3O3S. The monoisotopic (exact) mass is 311 g/mol. The van der Waals surface area contributed by atoms with Gasteiger partial charge in [0.2, 0.25) is 0 Å². The van der Waals surface area contributed by atoms with E-state index < -0.39 is 11.9 Å². The van der Waals surface area contributed by atoms with Gasteiger partial charge in [-0.05, 0) is 26.5 Å². The first-order valence-electron chi connectivity index (χ1n) is 6.80. The zero-order valence-electron chi connectivity index (χ0n) is 12.8. The molecule has 0 aromatic carbocycles. The van der Waals surface area contributed by atoms with Crippen LogP contribution in [0, 0.1) is 19.8 Å². The largest absolute Gasteiger partial charge is 0.481 e. The van der Waals surface area contributed by atoms with E-state index >= 15 is 0 Å². The van der Waals surface area contributed by atoms with E-state index in [2.05, 4.69) is 15.3 Å². The van der Waals surface area contributed by atoms with Crippen molar-refractivity contribution in [3.63, 3.8) is 0 Å². The van der Waals surface area contributed by atoms with Crippen LogP contribution in [-0.2, 0) is 4.79 Å². The number of rotatable bonds is 7. The van der Waals surface area contributed by atoms with Gasteiger partial charge in [-0.3, -0.25) is 9.59 Å². The number of nitrogens with one attached hydrogen (secondary N) is 1. The second-order valence-corrected chi connectivity index (χ2v) is 5.57. The summed E-state index contributed by atoms with van der Waals surface area (Å²) < 4.78 is 0. The van der Waals surface area contributed by atoms with Gasteiger partial charge in [-0.1, -0.05) is 13.3 Å². The first-order valence-corrected chi connectivity index (χ1v) is 8.03. The fourth-order valence-corrected chi connectivity index (χ4v) is 2.72. The second-order valence-electron chi connectivity index (χ2n) is 4.77. The summed E-state index contributed by atoms with van der Waals surface area (Å²) in [7, 11) is 0. The molecule has 1 heterocycles. The van der Waals surface area contributed by atoms with Crippen LogP contribution < -0.4 is 5.32 Å². The molecule has 1 rings (SSSR count). The molecule has 0 radical (unpaired) electrons. The fraction of sp³-hybridized carbons (Fsp3) is 0.571. The summed E-state index contributed by atoms with van der Waals surface area (Å²) in [4.78, 5) is 31.8. The van der Waals surface area contributed by atoms with E-state index in [4.69, 9.17) is 5.11 Å². The number of aryl methyl sites for hydroxylation is 2. The number of thioether (sulfide) groups is 1. The molecular weight excluding hydrogens is 290 g/mol. The number of hydrogen-bond acceptors (Lipinski definition) is 5. The molecule has 0 fully saturated rings. The van der Waals surface area contributed by atoms with E-state index in [0.717, 1.165) is 6.42 Å². The van der Waals surface area contributed by atoms with Gasteiger partial charge in [0.1, 0.15) is 10.9 Å². The fourth-order valence-electron chi connectivity index (χ4n) is 2.06. The van der Waals surface area contributed by atoms with E-state index in [9.17, 15) is 9.59 Å². The van der Waals surface area contributed by atoms with Crippen LogP contribution >= 0.6 is 11.8 Å². The number of carbonyl (C=O) groups excluding carboxylic acids is 1. The van der Waals surface area contributed by atoms with Crippen molar-refractivity contribution in [3.8, 4) is 0 Å². The van der Waals surface area contributed by atoms with Gasteiger partial charge >= 0.3 is 5.97 Å². The van der Waals surface area contributed by atoms with Gasteiger partial charge in [0, 0.05) is 6.54 Å². The first kappa shape index (κ1) is 17.4. The molecule has 116 valence electrons. The number of amides is 1.